The summed E-state index contributed by atoms with van der Waals surface area (Å²) in [5, 5.41) is 13.1. The van der Waals surface area contributed by atoms with Crippen LogP contribution in [0.5, 0.6) is 0 Å². The van der Waals surface area contributed by atoms with Gasteiger partial charge in [-0.2, -0.15) is 0 Å². The summed E-state index contributed by atoms with van der Waals surface area (Å²) >= 11 is 0. The SMILES string of the molecule is CC.CC.CCCN(c1ccc(C)cc1)c1ccc(C)cc1.Cc1ccc(N(c2ccc(C)cc2)c2c3ccccc3c3c4cccc5cccc(c6cccc2c63)c54)cc1. The Bertz CT molecular complexity index is 2880. The van der Waals surface area contributed by atoms with Crippen LogP contribution in [0.2, 0.25) is 0 Å². The molecule has 10 aromatic rings. The minimum absolute atomic E-state index is 1.05. The van der Waals surface area contributed by atoms with Crippen LogP contribution in [0.3, 0.4) is 0 Å². The molecule has 0 amide bonds. The topological polar surface area (TPSA) is 6.48 Å². The molecule has 10 rings (SSSR count). The Hall–Kier alpha value is -6.64. The molecule has 0 unspecified atom stereocenters. The maximum absolute atomic E-state index is 2.45. The summed E-state index contributed by atoms with van der Waals surface area (Å²) in [6.07, 6.45) is 1.14. The molecule has 0 spiro atoms. The lowest BCUT2D eigenvalue weighted by molar-refractivity contribution is 0.885. The van der Waals surface area contributed by atoms with Crippen LogP contribution in [0.25, 0.3) is 53.9 Å². The molecule has 0 aliphatic heterocycles. The Balaban J connectivity index is 0.000000215. The summed E-state index contributed by atoms with van der Waals surface area (Å²) in [7, 11) is 0. The van der Waals surface area contributed by atoms with Gasteiger partial charge < -0.3 is 9.80 Å². The molecule has 61 heavy (non-hydrogen) atoms. The molecule has 0 N–H and O–H groups in total. The minimum Gasteiger partial charge on any atom is -0.342 e. The third-order valence-corrected chi connectivity index (χ3v) is 11.4. The Morgan fingerprint density at radius 3 is 1.15 bits per heavy atom. The van der Waals surface area contributed by atoms with Gasteiger partial charge in [0.25, 0.3) is 0 Å². The van der Waals surface area contributed by atoms with Gasteiger partial charge in [-0.3, -0.25) is 0 Å². The molecule has 0 aliphatic rings. The average Bonchev–Trinajstić information content (AvgIpc) is 3.31. The van der Waals surface area contributed by atoms with Gasteiger partial charge in [-0.15, -0.1) is 0 Å². The molecule has 2 nitrogen and oxygen atoms in total. The van der Waals surface area contributed by atoms with Crippen molar-refractivity contribution in [1.82, 2.24) is 0 Å². The van der Waals surface area contributed by atoms with E-state index in [1.807, 2.05) is 27.7 Å². The number of aryl methyl sites for hydroxylation is 4. The van der Waals surface area contributed by atoms with Crippen molar-refractivity contribution in [2.75, 3.05) is 16.3 Å². The first-order chi connectivity index (χ1) is 29.9. The Labute approximate surface area is 364 Å². The van der Waals surface area contributed by atoms with Gasteiger partial charge in [-0.25, -0.2) is 0 Å². The van der Waals surface area contributed by atoms with Crippen molar-refractivity contribution in [2.45, 2.75) is 68.7 Å². The average molecular weight is 797 g/mol. The van der Waals surface area contributed by atoms with Crippen LogP contribution >= 0.6 is 0 Å². The van der Waals surface area contributed by atoms with Crippen LogP contribution in [0.4, 0.5) is 28.4 Å². The van der Waals surface area contributed by atoms with Crippen molar-refractivity contribution < 1.29 is 0 Å². The number of hydrogen-bond donors (Lipinski definition) is 0. The van der Waals surface area contributed by atoms with Crippen LogP contribution < -0.4 is 9.80 Å². The monoisotopic (exact) mass is 796 g/mol. The van der Waals surface area contributed by atoms with E-state index in [-0.39, 0.29) is 0 Å². The quantitative estimate of drug-likeness (QED) is 0.117. The zero-order valence-electron chi connectivity index (χ0n) is 37.6. The molecule has 0 aliphatic carbocycles. The molecule has 0 radical (unpaired) electrons. The van der Waals surface area contributed by atoms with Gasteiger partial charge in [0.1, 0.15) is 0 Å². The van der Waals surface area contributed by atoms with E-state index in [1.165, 1.54) is 93.2 Å². The summed E-state index contributed by atoms with van der Waals surface area (Å²) in [4.78, 5) is 4.82. The van der Waals surface area contributed by atoms with Gasteiger partial charge in [0.2, 0.25) is 0 Å². The van der Waals surface area contributed by atoms with Gasteiger partial charge in [0, 0.05) is 45.5 Å². The van der Waals surface area contributed by atoms with Gasteiger partial charge in [-0.1, -0.05) is 184 Å². The number of fused-ring (bicyclic) bond motifs is 4. The van der Waals surface area contributed by atoms with E-state index in [0.717, 1.165) is 24.3 Å². The largest absolute Gasteiger partial charge is 0.342 e. The molecule has 0 saturated carbocycles. The lowest BCUT2D eigenvalue weighted by Gasteiger charge is -2.30. The highest BCUT2D eigenvalue weighted by molar-refractivity contribution is 6.40. The number of anilines is 5. The smallest absolute Gasteiger partial charge is 0.0619 e. The van der Waals surface area contributed by atoms with Crippen LogP contribution in [0, 0.1) is 27.7 Å². The first-order valence-electron chi connectivity index (χ1n) is 22.2. The Morgan fingerprint density at radius 2 is 0.672 bits per heavy atom. The first-order valence-corrected chi connectivity index (χ1v) is 22.2. The molecular weight excluding hydrogens is 737 g/mol. The van der Waals surface area contributed by atoms with Crippen molar-refractivity contribution in [2.24, 2.45) is 0 Å². The molecular formula is C59H60N2. The van der Waals surface area contributed by atoms with Crippen LogP contribution in [0.1, 0.15) is 63.3 Å². The van der Waals surface area contributed by atoms with Gasteiger partial charge in [-0.05, 0) is 120 Å². The van der Waals surface area contributed by atoms with Crippen molar-refractivity contribution in [3.05, 3.63) is 198 Å². The fourth-order valence-electron chi connectivity index (χ4n) is 8.60. The van der Waals surface area contributed by atoms with Crippen LogP contribution in [-0.2, 0) is 0 Å². The second kappa shape index (κ2) is 19.2. The molecule has 10 aromatic carbocycles. The first kappa shape index (κ1) is 42.5. The number of rotatable bonds is 7. The second-order valence-electron chi connectivity index (χ2n) is 15.5. The fourth-order valence-corrected chi connectivity index (χ4v) is 8.60. The van der Waals surface area contributed by atoms with E-state index in [9.17, 15) is 0 Å². The molecule has 0 aromatic heterocycles. The normalized spacial score (nSPS) is 10.8. The molecule has 2 heteroatoms. The maximum atomic E-state index is 2.45. The van der Waals surface area contributed by atoms with Crippen LogP contribution in [-0.4, -0.2) is 6.54 Å². The number of hydrogen-bond acceptors (Lipinski definition) is 2. The molecule has 0 fully saturated rings. The predicted molar refractivity (Wildman–Crippen MR) is 272 cm³/mol. The highest BCUT2D eigenvalue weighted by Crippen LogP contribution is 2.50. The summed E-state index contributed by atoms with van der Waals surface area (Å²) < 4.78 is 0. The summed E-state index contributed by atoms with van der Waals surface area (Å²) in [6, 6.07) is 64.6. The van der Waals surface area contributed by atoms with Gasteiger partial charge >= 0.3 is 0 Å². The Morgan fingerprint density at radius 1 is 0.328 bits per heavy atom. The minimum atomic E-state index is 1.05. The lowest BCUT2D eigenvalue weighted by atomic mass is 9.86. The molecule has 0 saturated heterocycles. The number of benzene rings is 10. The highest BCUT2D eigenvalue weighted by Gasteiger charge is 2.23. The van der Waals surface area contributed by atoms with Crippen molar-refractivity contribution in [3.63, 3.8) is 0 Å². The predicted octanol–water partition coefficient (Wildman–Crippen LogP) is 17.9. The van der Waals surface area contributed by atoms with E-state index in [1.54, 1.807) is 0 Å². The summed E-state index contributed by atoms with van der Waals surface area (Å²) in [6.45, 7) is 19.8. The third-order valence-electron chi connectivity index (χ3n) is 11.4. The summed E-state index contributed by atoms with van der Waals surface area (Å²) in [5.41, 5.74) is 11.2. The molecule has 0 bridgehead atoms. The molecule has 0 atom stereocenters. The molecule has 0 heterocycles. The lowest BCUT2D eigenvalue weighted by Crippen LogP contribution is -2.17. The van der Waals surface area contributed by atoms with Gasteiger partial charge in [0.15, 0.2) is 0 Å². The van der Waals surface area contributed by atoms with E-state index >= 15 is 0 Å². The van der Waals surface area contributed by atoms with Crippen molar-refractivity contribution in [1.29, 1.82) is 0 Å². The molecule has 306 valence electrons. The number of nitrogens with zero attached hydrogens (tertiary/aromatic N) is 2. The zero-order valence-corrected chi connectivity index (χ0v) is 37.6. The Kier molecular flexibility index (Phi) is 13.3. The van der Waals surface area contributed by atoms with Gasteiger partial charge in [0.05, 0.1) is 5.69 Å². The fraction of sp³-hybridized carbons (Fsp3) is 0.186. The van der Waals surface area contributed by atoms with Crippen molar-refractivity contribution >= 4 is 82.3 Å². The van der Waals surface area contributed by atoms with Crippen LogP contribution in [0.15, 0.2) is 176 Å². The standard InChI is InChI=1S/C38H27N.C17H21N.2C2H6/c1-24-16-20-27(21-17-24)39(28-22-18-25(2)19-23-28)38-32-11-4-3-10-31(32)36-33-14-6-9-26-8-5-12-29(35(26)33)30-13-7-15-34(38)37(30)36;1-4-13-18(16-9-5-14(2)6-10-16)17-11-7-15(3)8-12-17;2*1-2/h3-23H,1-2H3;5-12H,4,13H2,1-3H3;2*1-2H3. The third kappa shape index (κ3) is 8.41. The van der Waals surface area contributed by atoms with E-state index in [4.69, 9.17) is 0 Å². The van der Waals surface area contributed by atoms with E-state index in [2.05, 4.69) is 220 Å². The maximum Gasteiger partial charge on any atom is 0.0619 e. The second-order valence-corrected chi connectivity index (χ2v) is 15.5. The zero-order chi connectivity index (χ0) is 43.0. The highest BCUT2D eigenvalue weighted by atomic mass is 15.1. The summed E-state index contributed by atoms with van der Waals surface area (Å²) in [5.74, 6) is 0. The van der Waals surface area contributed by atoms with E-state index in [0.29, 0.717) is 0 Å². The van der Waals surface area contributed by atoms with E-state index < -0.39 is 0 Å². The van der Waals surface area contributed by atoms with Crippen molar-refractivity contribution in [3.8, 4) is 0 Å².